The molecular formula is C8H19NaP. The van der Waals surface area contributed by atoms with Gasteiger partial charge in [0.1, 0.15) is 0 Å². The Morgan fingerprint density at radius 1 is 0.900 bits per heavy atom. The molecule has 2 heteroatoms. The molecular weight excluding hydrogens is 150 g/mol. The summed E-state index contributed by atoms with van der Waals surface area (Å²) < 4.78 is 0. The van der Waals surface area contributed by atoms with Crippen molar-refractivity contribution in [1.82, 2.24) is 0 Å². The maximum Gasteiger partial charge on any atom is 0 e. The smallest absolute Gasteiger partial charge is 0 e. The maximum atomic E-state index is 2.27. The van der Waals surface area contributed by atoms with E-state index in [-0.39, 0.29) is 29.6 Å². The van der Waals surface area contributed by atoms with Crippen LogP contribution in [-0.4, -0.2) is 41.9 Å². The average molecular weight is 169 g/mol. The molecule has 57 valence electrons. The van der Waals surface area contributed by atoms with Crippen molar-refractivity contribution < 1.29 is 0 Å². The second-order valence-electron chi connectivity index (χ2n) is 2.46. The predicted molar refractivity (Wildman–Crippen MR) is 53.6 cm³/mol. The molecule has 0 fully saturated rings. The molecule has 0 aromatic rings. The summed E-state index contributed by atoms with van der Waals surface area (Å²) in [7, 11) is 1.25. The summed E-state index contributed by atoms with van der Waals surface area (Å²) in [4.78, 5) is 0. The Morgan fingerprint density at radius 3 is 1.60 bits per heavy atom. The van der Waals surface area contributed by atoms with Crippen LogP contribution in [0.3, 0.4) is 0 Å². The van der Waals surface area contributed by atoms with Crippen LogP contribution in [-0.2, 0) is 0 Å². The molecule has 0 aliphatic rings. The minimum Gasteiger partial charge on any atom is -0.122 e. The maximum absolute atomic E-state index is 2.27. The van der Waals surface area contributed by atoms with Gasteiger partial charge in [-0.05, 0) is 25.2 Å². The molecule has 0 rings (SSSR count). The molecule has 0 heterocycles. The van der Waals surface area contributed by atoms with Gasteiger partial charge in [-0.2, -0.15) is 0 Å². The van der Waals surface area contributed by atoms with Gasteiger partial charge < -0.3 is 0 Å². The first-order chi connectivity index (χ1) is 4.41. The summed E-state index contributed by atoms with van der Waals surface area (Å²) in [6, 6.07) is 0. The Kier molecular flexibility index (Phi) is 18.2. The van der Waals surface area contributed by atoms with Gasteiger partial charge in [-0.3, -0.25) is 0 Å². The van der Waals surface area contributed by atoms with Crippen molar-refractivity contribution in [2.45, 2.75) is 39.5 Å². The van der Waals surface area contributed by atoms with E-state index in [9.17, 15) is 0 Å². The molecule has 0 atom stereocenters. The molecule has 0 unspecified atom stereocenters. The number of rotatable bonds is 6. The fourth-order valence-electron chi connectivity index (χ4n) is 0.729. The second kappa shape index (κ2) is 13.1. The van der Waals surface area contributed by atoms with Crippen LogP contribution in [0.25, 0.3) is 0 Å². The second-order valence-corrected chi connectivity index (χ2v) is 3.96. The SMILES string of the molecule is CCCCPCCCC.[Na]. The van der Waals surface area contributed by atoms with Crippen LogP contribution in [0, 0.1) is 0 Å². The molecule has 0 spiro atoms. The van der Waals surface area contributed by atoms with E-state index in [1.807, 2.05) is 0 Å². The van der Waals surface area contributed by atoms with Gasteiger partial charge in [0.25, 0.3) is 0 Å². The zero-order valence-corrected chi connectivity index (χ0v) is 10.7. The topological polar surface area (TPSA) is 0 Å². The normalized spacial score (nSPS) is 9.00. The molecule has 0 N–H and O–H groups in total. The standard InChI is InChI=1S/C8H19P.Na/c1-3-5-7-9-8-6-4-2;/h9H,3-8H2,1-2H3;. The van der Waals surface area contributed by atoms with Crippen LogP contribution in [0.2, 0.25) is 0 Å². The monoisotopic (exact) mass is 169 g/mol. The quantitative estimate of drug-likeness (QED) is 0.326. The molecule has 0 aliphatic heterocycles. The van der Waals surface area contributed by atoms with Gasteiger partial charge in [0.15, 0.2) is 0 Å². The predicted octanol–water partition coefficient (Wildman–Crippen LogP) is 2.88. The van der Waals surface area contributed by atoms with Crippen molar-refractivity contribution in [3.63, 3.8) is 0 Å². The Balaban J connectivity index is 0. The van der Waals surface area contributed by atoms with Crippen molar-refractivity contribution in [3.05, 3.63) is 0 Å². The van der Waals surface area contributed by atoms with Crippen LogP contribution in [0.4, 0.5) is 0 Å². The Bertz CT molecular complexity index is 42.5. The zero-order chi connectivity index (χ0) is 6.95. The largest absolute Gasteiger partial charge is 0.122 e. The first-order valence-corrected chi connectivity index (χ1v) is 5.54. The summed E-state index contributed by atoms with van der Waals surface area (Å²) >= 11 is 0. The van der Waals surface area contributed by atoms with Crippen LogP contribution < -0.4 is 0 Å². The van der Waals surface area contributed by atoms with Crippen LogP contribution in [0.15, 0.2) is 0 Å². The summed E-state index contributed by atoms with van der Waals surface area (Å²) in [5.41, 5.74) is 0. The third-order valence-corrected chi connectivity index (χ3v) is 2.83. The first kappa shape index (κ1) is 14.0. The minimum atomic E-state index is 0. The summed E-state index contributed by atoms with van der Waals surface area (Å²) in [5.74, 6) is 0. The van der Waals surface area contributed by atoms with E-state index in [2.05, 4.69) is 13.8 Å². The van der Waals surface area contributed by atoms with Gasteiger partial charge in [0.05, 0.1) is 0 Å². The zero-order valence-electron chi connectivity index (χ0n) is 7.74. The van der Waals surface area contributed by atoms with Gasteiger partial charge in [-0.15, -0.1) is 8.58 Å². The third kappa shape index (κ3) is 12.1. The molecule has 0 aromatic carbocycles. The third-order valence-electron chi connectivity index (χ3n) is 1.41. The molecule has 0 aliphatic carbocycles. The molecule has 1 radical (unpaired) electrons. The number of hydrogen-bond acceptors (Lipinski definition) is 0. The Labute approximate surface area is 89.6 Å². The average Bonchev–Trinajstić information content (AvgIpc) is 1.89. The van der Waals surface area contributed by atoms with E-state index in [4.69, 9.17) is 0 Å². The van der Waals surface area contributed by atoms with Crippen LogP contribution >= 0.6 is 8.58 Å². The fraction of sp³-hybridized carbons (Fsp3) is 1.00. The van der Waals surface area contributed by atoms with Crippen molar-refractivity contribution in [2.24, 2.45) is 0 Å². The molecule has 0 amide bonds. The van der Waals surface area contributed by atoms with E-state index in [0.717, 1.165) is 0 Å². The Hall–Kier alpha value is 1.43. The minimum absolute atomic E-state index is 0. The summed E-state index contributed by atoms with van der Waals surface area (Å²) in [6.45, 7) is 4.54. The van der Waals surface area contributed by atoms with Crippen LogP contribution in [0.5, 0.6) is 0 Å². The Morgan fingerprint density at radius 2 is 1.30 bits per heavy atom. The summed E-state index contributed by atoms with van der Waals surface area (Å²) in [6.07, 6.45) is 8.61. The number of unbranched alkanes of at least 4 members (excludes halogenated alkanes) is 2. The molecule has 0 saturated heterocycles. The molecule has 0 bridgehead atoms. The van der Waals surface area contributed by atoms with Gasteiger partial charge in [0, 0.05) is 29.6 Å². The molecule has 0 aromatic heterocycles. The van der Waals surface area contributed by atoms with Crippen molar-refractivity contribution >= 4 is 38.1 Å². The number of hydrogen-bond donors (Lipinski definition) is 0. The van der Waals surface area contributed by atoms with Gasteiger partial charge in [0.2, 0.25) is 0 Å². The van der Waals surface area contributed by atoms with Crippen molar-refractivity contribution in [3.8, 4) is 0 Å². The summed E-state index contributed by atoms with van der Waals surface area (Å²) in [5, 5.41) is 0. The van der Waals surface area contributed by atoms with Crippen molar-refractivity contribution in [2.75, 3.05) is 12.3 Å². The fourth-order valence-corrected chi connectivity index (χ4v) is 2.19. The van der Waals surface area contributed by atoms with E-state index in [1.54, 1.807) is 0 Å². The molecule has 10 heavy (non-hydrogen) atoms. The van der Waals surface area contributed by atoms with Crippen molar-refractivity contribution in [1.29, 1.82) is 0 Å². The van der Waals surface area contributed by atoms with E-state index in [1.165, 1.54) is 46.6 Å². The molecule has 0 nitrogen and oxygen atoms in total. The van der Waals surface area contributed by atoms with Gasteiger partial charge in [-0.1, -0.05) is 26.7 Å². The van der Waals surface area contributed by atoms with E-state index >= 15 is 0 Å². The van der Waals surface area contributed by atoms with E-state index < -0.39 is 0 Å². The first-order valence-electron chi connectivity index (χ1n) is 4.12. The molecule has 0 saturated carbocycles. The van der Waals surface area contributed by atoms with E-state index in [0.29, 0.717) is 0 Å². The van der Waals surface area contributed by atoms with Gasteiger partial charge in [-0.25, -0.2) is 0 Å². The van der Waals surface area contributed by atoms with Crippen LogP contribution in [0.1, 0.15) is 39.5 Å². The van der Waals surface area contributed by atoms with Gasteiger partial charge >= 0.3 is 0 Å².